The molecule has 2 N–H and O–H groups in total. The van der Waals surface area contributed by atoms with Crippen LogP contribution in [0.25, 0.3) is 0 Å². The molecule has 0 aliphatic heterocycles. The average molecular weight is 196 g/mol. The third-order valence-corrected chi connectivity index (χ3v) is 1.37. The minimum Gasteiger partial charge on any atom is -0.333 e. The third-order valence-electron chi connectivity index (χ3n) is 1.37. The second-order valence-corrected chi connectivity index (χ2v) is 2.06. The first kappa shape index (κ1) is 15.3. The number of carbonyl (C=O) groups excluding carboxylic acids is 1. The molecule has 0 aliphatic carbocycles. The first-order chi connectivity index (χ1) is 6.86. The van der Waals surface area contributed by atoms with Gasteiger partial charge in [-0.15, -0.1) is 0 Å². The van der Waals surface area contributed by atoms with Gasteiger partial charge in [-0.25, -0.2) is 0 Å². The molecule has 3 heteroatoms. The summed E-state index contributed by atoms with van der Waals surface area (Å²) in [6.45, 7) is 6.05. The number of nitrogens with two attached hydrogens (primary N) is 1. The fraction of sp³-hybridized carbons (Fsp3) is 0.455. The van der Waals surface area contributed by atoms with Gasteiger partial charge >= 0.3 is 0 Å². The van der Waals surface area contributed by atoms with Crippen LogP contribution in [0.3, 0.4) is 0 Å². The van der Waals surface area contributed by atoms with Gasteiger partial charge in [-0.1, -0.05) is 20.8 Å². The van der Waals surface area contributed by atoms with Crippen molar-refractivity contribution in [1.29, 1.82) is 0 Å². The van der Waals surface area contributed by atoms with Crippen LogP contribution in [0.2, 0.25) is 0 Å². The van der Waals surface area contributed by atoms with Crippen molar-refractivity contribution in [3.05, 3.63) is 29.6 Å². The highest BCUT2D eigenvalue weighted by Gasteiger charge is 1.91. The average Bonchev–Trinajstić information content (AvgIpc) is 2.34. The Labute approximate surface area is 86.4 Å². The zero-order valence-corrected chi connectivity index (χ0v) is 9.45. The van der Waals surface area contributed by atoms with Crippen molar-refractivity contribution in [2.45, 2.75) is 27.2 Å². The monoisotopic (exact) mass is 196 g/mol. The molecule has 0 aromatic carbocycles. The summed E-state index contributed by atoms with van der Waals surface area (Å²) < 4.78 is 0. The highest BCUT2D eigenvalue weighted by atomic mass is 16.1. The summed E-state index contributed by atoms with van der Waals surface area (Å²) in [6.07, 6.45) is 3.37. The van der Waals surface area contributed by atoms with E-state index in [2.05, 4.69) is 10.7 Å². The molecule has 0 unspecified atom stereocenters. The van der Waals surface area contributed by atoms with Crippen LogP contribution in [0, 0.1) is 0 Å². The highest BCUT2D eigenvalue weighted by molar-refractivity contribution is 5.71. The Hall–Kier alpha value is -1.22. The van der Waals surface area contributed by atoms with Crippen LogP contribution < -0.4 is 5.73 Å². The van der Waals surface area contributed by atoms with E-state index in [0.29, 0.717) is 5.69 Å². The van der Waals surface area contributed by atoms with Crippen LogP contribution in [-0.2, 0) is 6.42 Å². The summed E-state index contributed by atoms with van der Waals surface area (Å²) in [5.74, 6) is 0. The number of hydrogen-bond acceptors (Lipinski definition) is 3. The van der Waals surface area contributed by atoms with Gasteiger partial charge in [-0.3, -0.25) is 9.78 Å². The van der Waals surface area contributed by atoms with E-state index >= 15 is 0 Å². The molecule has 0 amide bonds. The van der Waals surface area contributed by atoms with Gasteiger partial charge in [0.25, 0.3) is 0 Å². The molecule has 0 aliphatic rings. The molecule has 1 heterocycles. The van der Waals surface area contributed by atoms with Gasteiger partial charge in [0.1, 0.15) is 5.69 Å². The second-order valence-electron chi connectivity index (χ2n) is 2.06. The maximum Gasteiger partial charge on any atom is 0.168 e. The lowest BCUT2D eigenvalue weighted by atomic mass is 10.2. The molecule has 0 saturated carbocycles. The lowest BCUT2D eigenvalue weighted by Crippen LogP contribution is -1.88. The Kier molecular flexibility index (Phi) is 12.8. The molecule has 1 aromatic rings. The van der Waals surface area contributed by atoms with Crippen LogP contribution in [0.5, 0.6) is 0 Å². The molecule has 14 heavy (non-hydrogen) atoms. The summed E-state index contributed by atoms with van der Waals surface area (Å²) in [5, 5.41) is 0. The molecule has 0 radical (unpaired) electrons. The van der Waals surface area contributed by atoms with Crippen molar-refractivity contribution in [1.82, 2.24) is 4.98 Å². The van der Waals surface area contributed by atoms with E-state index in [1.807, 2.05) is 26.8 Å². The second kappa shape index (κ2) is 11.8. The number of aldehydes is 1. The maximum absolute atomic E-state index is 10.2. The Morgan fingerprint density at radius 3 is 2.43 bits per heavy atom. The van der Waals surface area contributed by atoms with E-state index in [-0.39, 0.29) is 0 Å². The molecular formula is C11H20N2O. The summed E-state index contributed by atoms with van der Waals surface area (Å²) >= 11 is 0. The lowest BCUT2D eigenvalue weighted by Gasteiger charge is -1.93. The van der Waals surface area contributed by atoms with Crippen LogP contribution in [0.1, 0.15) is 36.8 Å². The molecule has 1 rings (SSSR count). The molecule has 0 saturated heterocycles. The van der Waals surface area contributed by atoms with Crippen LogP contribution in [0.4, 0.5) is 0 Å². The zero-order chi connectivity index (χ0) is 11.4. The molecule has 0 bridgehead atoms. The van der Waals surface area contributed by atoms with Crippen molar-refractivity contribution in [2.24, 2.45) is 5.73 Å². The molecule has 0 fully saturated rings. The Bertz CT molecular complexity index is 236. The molecular weight excluding hydrogens is 176 g/mol. The summed E-state index contributed by atoms with van der Waals surface area (Å²) in [5.41, 5.74) is 6.16. The fourth-order valence-electron chi connectivity index (χ4n) is 0.779. The number of aryl methyl sites for hydroxylation is 1. The van der Waals surface area contributed by atoms with Crippen molar-refractivity contribution in [3.63, 3.8) is 0 Å². The smallest absolute Gasteiger partial charge is 0.168 e. The molecule has 0 atom stereocenters. The van der Waals surface area contributed by atoms with E-state index in [4.69, 9.17) is 0 Å². The van der Waals surface area contributed by atoms with Crippen LogP contribution >= 0.6 is 0 Å². The van der Waals surface area contributed by atoms with Gasteiger partial charge in [0, 0.05) is 6.20 Å². The molecule has 0 spiro atoms. The molecule has 3 nitrogen and oxygen atoms in total. The maximum atomic E-state index is 10.2. The predicted octanol–water partition coefficient (Wildman–Crippen LogP) is 2.06. The number of pyridine rings is 1. The Balaban J connectivity index is 0. The van der Waals surface area contributed by atoms with E-state index in [0.717, 1.165) is 18.3 Å². The van der Waals surface area contributed by atoms with Gasteiger partial charge in [0.2, 0.25) is 0 Å². The van der Waals surface area contributed by atoms with E-state index in [9.17, 15) is 4.79 Å². The van der Waals surface area contributed by atoms with Crippen molar-refractivity contribution < 1.29 is 4.79 Å². The minimum atomic E-state index is 0.513. The minimum absolute atomic E-state index is 0.513. The van der Waals surface area contributed by atoms with Crippen molar-refractivity contribution in [3.8, 4) is 0 Å². The largest absolute Gasteiger partial charge is 0.333 e. The van der Waals surface area contributed by atoms with Gasteiger partial charge in [-0.05, 0) is 31.2 Å². The standard InChI is InChI=1S/C8H9NO.C2H6.CH5N/c1-2-7-3-4-9-8(5-7)6-10;2*1-2/h3-6H,2H2,1H3;1-2H3;2H2,1H3. The number of nitrogens with zero attached hydrogens (tertiary/aromatic N) is 1. The Morgan fingerprint density at radius 1 is 1.43 bits per heavy atom. The predicted molar refractivity (Wildman–Crippen MR) is 60.5 cm³/mol. The first-order valence-electron chi connectivity index (χ1n) is 4.84. The van der Waals surface area contributed by atoms with E-state index in [1.54, 1.807) is 12.3 Å². The normalized spacial score (nSPS) is 7.50. The Morgan fingerprint density at radius 2 is 2.00 bits per heavy atom. The number of hydrogen-bond donors (Lipinski definition) is 1. The topological polar surface area (TPSA) is 56.0 Å². The zero-order valence-electron chi connectivity index (χ0n) is 9.45. The number of aromatic nitrogens is 1. The van der Waals surface area contributed by atoms with Crippen molar-refractivity contribution >= 4 is 6.29 Å². The summed E-state index contributed by atoms with van der Waals surface area (Å²) in [6, 6.07) is 3.71. The summed E-state index contributed by atoms with van der Waals surface area (Å²) in [7, 11) is 1.50. The summed E-state index contributed by atoms with van der Waals surface area (Å²) in [4.78, 5) is 14.0. The van der Waals surface area contributed by atoms with Crippen molar-refractivity contribution in [2.75, 3.05) is 7.05 Å². The highest BCUT2D eigenvalue weighted by Crippen LogP contribution is 1.99. The van der Waals surface area contributed by atoms with Gasteiger partial charge in [0.05, 0.1) is 0 Å². The van der Waals surface area contributed by atoms with Gasteiger partial charge < -0.3 is 5.73 Å². The number of rotatable bonds is 2. The van der Waals surface area contributed by atoms with Gasteiger partial charge in [0.15, 0.2) is 6.29 Å². The van der Waals surface area contributed by atoms with E-state index in [1.165, 1.54) is 7.05 Å². The van der Waals surface area contributed by atoms with Crippen LogP contribution in [-0.4, -0.2) is 18.3 Å². The lowest BCUT2D eigenvalue weighted by molar-refractivity contribution is 0.111. The first-order valence-corrected chi connectivity index (χ1v) is 4.84. The SMILES string of the molecule is CC.CCc1ccnc(C=O)c1.CN. The number of carbonyl (C=O) groups is 1. The quantitative estimate of drug-likeness (QED) is 0.736. The van der Waals surface area contributed by atoms with Crippen LogP contribution in [0.15, 0.2) is 18.3 Å². The fourth-order valence-corrected chi connectivity index (χ4v) is 0.779. The van der Waals surface area contributed by atoms with Gasteiger partial charge in [-0.2, -0.15) is 0 Å². The molecule has 1 aromatic heterocycles. The van der Waals surface area contributed by atoms with E-state index < -0.39 is 0 Å². The third kappa shape index (κ3) is 6.31. The molecule has 80 valence electrons.